The number of halogens is 1. The molecule has 0 spiro atoms. The quantitative estimate of drug-likeness (QED) is 0.502. The van der Waals surface area contributed by atoms with Crippen LogP contribution in [0.25, 0.3) is 0 Å². The third-order valence-electron chi connectivity index (χ3n) is 2.25. The molecule has 0 radical (unpaired) electrons. The van der Waals surface area contributed by atoms with E-state index < -0.39 is 4.92 Å². The molecule has 0 fully saturated rings. The van der Waals surface area contributed by atoms with Gasteiger partial charge < -0.3 is 10.2 Å². The third-order valence-corrected chi connectivity index (χ3v) is 2.45. The fraction of sp³-hybridized carbons (Fsp3) is 0.200. The first-order valence-corrected chi connectivity index (χ1v) is 5.52. The van der Waals surface area contributed by atoms with Crippen molar-refractivity contribution >= 4 is 11.6 Å². The Labute approximate surface area is 108 Å². The molecule has 0 unspecified atom stereocenters. The van der Waals surface area contributed by atoms with E-state index in [1.807, 2.05) is 6.08 Å². The SMILES string of the molecule is O=[N+]([O-])C=C1NCC=CN1Cc1cnc(Cl)nc1. The van der Waals surface area contributed by atoms with Crippen molar-refractivity contribution in [3.63, 3.8) is 0 Å². The largest absolute Gasteiger partial charge is 0.363 e. The van der Waals surface area contributed by atoms with Crippen LogP contribution in [0.1, 0.15) is 5.56 Å². The summed E-state index contributed by atoms with van der Waals surface area (Å²) in [7, 11) is 0. The molecular weight excluding hydrogens is 258 g/mol. The van der Waals surface area contributed by atoms with Gasteiger partial charge in [-0.1, -0.05) is 0 Å². The lowest BCUT2D eigenvalue weighted by Gasteiger charge is -2.25. The zero-order valence-electron chi connectivity index (χ0n) is 9.28. The summed E-state index contributed by atoms with van der Waals surface area (Å²) >= 11 is 5.59. The van der Waals surface area contributed by atoms with E-state index in [2.05, 4.69) is 15.3 Å². The summed E-state index contributed by atoms with van der Waals surface area (Å²) in [6.45, 7) is 0.994. The molecule has 2 rings (SSSR count). The summed E-state index contributed by atoms with van der Waals surface area (Å²) < 4.78 is 0. The van der Waals surface area contributed by atoms with Gasteiger partial charge in [-0.05, 0) is 17.7 Å². The molecule has 0 saturated heterocycles. The Hall–Kier alpha value is -2.15. The molecule has 1 aliphatic heterocycles. The topological polar surface area (TPSA) is 84.2 Å². The van der Waals surface area contributed by atoms with Gasteiger partial charge in [0.05, 0.1) is 11.5 Å². The third kappa shape index (κ3) is 3.17. The van der Waals surface area contributed by atoms with E-state index in [1.54, 1.807) is 23.5 Å². The van der Waals surface area contributed by atoms with Crippen molar-refractivity contribution in [1.82, 2.24) is 20.2 Å². The monoisotopic (exact) mass is 267 g/mol. The maximum Gasteiger partial charge on any atom is 0.274 e. The minimum absolute atomic E-state index is 0.173. The summed E-state index contributed by atoms with van der Waals surface area (Å²) in [6.07, 6.45) is 7.75. The van der Waals surface area contributed by atoms with Gasteiger partial charge >= 0.3 is 0 Å². The standard InChI is InChI=1S/C10H10ClN5O2/c11-10-13-4-8(5-14-10)6-15-3-1-2-12-9(15)7-16(17)18/h1,3-5,7,12H,2,6H2. The van der Waals surface area contributed by atoms with Gasteiger partial charge in [-0.25, -0.2) is 9.97 Å². The van der Waals surface area contributed by atoms with Gasteiger partial charge in [-0.3, -0.25) is 10.1 Å². The molecule has 0 amide bonds. The molecule has 2 heterocycles. The first-order valence-electron chi connectivity index (χ1n) is 5.14. The van der Waals surface area contributed by atoms with Crippen LogP contribution in [0.3, 0.4) is 0 Å². The van der Waals surface area contributed by atoms with E-state index in [0.29, 0.717) is 18.9 Å². The van der Waals surface area contributed by atoms with Crippen LogP contribution in [-0.2, 0) is 6.54 Å². The van der Waals surface area contributed by atoms with Crippen LogP contribution in [0, 0.1) is 10.1 Å². The summed E-state index contributed by atoms with van der Waals surface area (Å²) in [5, 5.41) is 13.6. The maximum atomic E-state index is 10.5. The number of nitro groups is 1. The molecule has 0 atom stereocenters. The molecule has 94 valence electrons. The predicted molar refractivity (Wildman–Crippen MR) is 64.8 cm³/mol. The average Bonchev–Trinajstić information content (AvgIpc) is 2.34. The van der Waals surface area contributed by atoms with Gasteiger partial charge in [0.2, 0.25) is 5.28 Å². The molecule has 1 N–H and O–H groups in total. The van der Waals surface area contributed by atoms with Crippen LogP contribution in [0.4, 0.5) is 0 Å². The second-order valence-electron chi connectivity index (χ2n) is 3.55. The summed E-state index contributed by atoms with van der Waals surface area (Å²) in [4.78, 5) is 19.4. The van der Waals surface area contributed by atoms with Gasteiger partial charge in [0.25, 0.3) is 6.20 Å². The highest BCUT2D eigenvalue weighted by atomic mass is 35.5. The summed E-state index contributed by atoms with van der Waals surface area (Å²) in [6, 6.07) is 0. The van der Waals surface area contributed by atoms with Crippen LogP contribution < -0.4 is 5.32 Å². The van der Waals surface area contributed by atoms with Crippen molar-refractivity contribution in [1.29, 1.82) is 0 Å². The summed E-state index contributed by atoms with van der Waals surface area (Å²) in [5.41, 5.74) is 0.807. The Morgan fingerprint density at radius 3 is 2.94 bits per heavy atom. The highest BCUT2D eigenvalue weighted by Gasteiger charge is 2.14. The minimum Gasteiger partial charge on any atom is -0.363 e. The second kappa shape index (κ2) is 5.46. The fourth-order valence-electron chi connectivity index (χ4n) is 1.50. The highest BCUT2D eigenvalue weighted by molar-refractivity contribution is 6.28. The first kappa shape index (κ1) is 12.3. The van der Waals surface area contributed by atoms with E-state index in [1.165, 1.54) is 0 Å². The van der Waals surface area contributed by atoms with Crippen LogP contribution in [0.5, 0.6) is 0 Å². The Balaban J connectivity index is 2.15. The van der Waals surface area contributed by atoms with E-state index in [0.717, 1.165) is 11.8 Å². The van der Waals surface area contributed by atoms with Crippen LogP contribution >= 0.6 is 11.6 Å². The number of nitrogens with one attached hydrogen (secondary N) is 1. The second-order valence-corrected chi connectivity index (χ2v) is 3.89. The zero-order valence-corrected chi connectivity index (χ0v) is 10.0. The Bertz CT molecular complexity index is 499. The van der Waals surface area contributed by atoms with Crippen molar-refractivity contribution in [3.05, 3.63) is 57.7 Å². The molecule has 0 aromatic carbocycles. The van der Waals surface area contributed by atoms with Gasteiger partial charge in [-0.15, -0.1) is 0 Å². The number of nitrogens with zero attached hydrogens (tertiary/aromatic N) is 4. The first-order chi connectivity index (χ1) is 8.65. The summed E-state index contributed by atoms with van der Waals surface area (Å²) in [5.74, 6) is 0.428. The van der Waals surface area contributed by atoms with Crippen molar-refractivity contribution < 1.29 is 4.92 Å². The minimum atomic E-state index is -0.493. The number of hydrogen-bond acceptors (Lipinski definition) is 6. The van der Waals surface area contributed by atoms with E-state index in [4.69, 9.17) is 11.6 Å². The van der Waals surface area contributed by atoms with Crippen molar-refractivity contribution in [2.45, 2.75) is 6.54 Å². The molecule has 1 aliphatic rings. The molecule has 0 bridgehead atoms. The average molecular weight is 268 g/mol. The van der Waals surface area contributed by atoms with Crippen LogP contribution in [-0.4, -0.2) is 26.3 Å². The number of rotatable bonds is 3. The normalized spacial score (nSPS) is 16.7. The molecule has 18 heavy (non-hydrogen) atoms. The van der Waals surface area contributed by atoms with E-state index >= 15 is 0 Å². The molecule has 7 nitrogen and oxygen atoms in total. The Kier molecular flexibility index (Phi) is 3.73. The van der Waals surface area contributed by atoms with Crippen molar-refractivity contribution in [2.75, 3.05) is 6.54 Å². The maximum absolute atomic E-state index is 10.5. The number of aromatic nitrogens is 2. The van der Waals surface area contributed by atoms with E-state index in [-0.39, 0.29) is 5.28 Å². The zero-order chi connectivity index (χ0) is 13.0. The molecule has 8 heteroatoms. The fourth-order valence-corrected chi connectivity index (χ4v) is 1.60. The van der Waals surface area contributed by atoms with Gasteiger partial charge in [0.1, 0.15) is 0 Å². The highest BCUT2D eigenvalue weighted by Crippen LogP contribution is 2.12. The molecule has 1 aromatic rings. The molecule has 0 aliphatic carbocycles. The van der Waals surface area contributed by atoms with Crippen molar-refractivity contribution in [3.8, 4) is 0 Å². The lowest BCUT2D eigenvalue weighted by atomic mass is 10.3. The predicted octanol–water partition coefficient (Wildman–Crippen LogP) is 1.12. The van der Waals surface area contributed by atoms with Gasteiger partial charge in [0, 0.05) is 30.7 Å². The molecule has 1 aromatic heterocycles. The van der Waals surface area contributed by atoms with Gasteiger partial charge in [0.15, 0.2) is 5.82 Å². The molecular formula is C10H10ClN5O2. The smallest absolute Gasteiger partial charge is 0.274 e. The van der Waals surface area contributed by atoms with Crippen molar-refractivity contribution in [2.24, 2.45) is 0 Å². The van der Waals surface area contributed by atoms with Gasteiger partial charge in [-0.2, -0.15) is 0 Å². The molecule has 0 saturated carbocycles. The Morgan fingerprint density at radius 1 is 1.56 bits per heavy atom. The lowest BCUT2D eigenvalue weighted by Crippen LogP contribution is -2.32. The Morgan fingerprint density at radius 2 is 2.28 bits per heavy atom. The van der Waals surface area contributed by atoms with E-state index in [9.17, 15) is 10.1 Å². The lowest BCUT2D eigenvalue weighted by molar-refractivity contribution is -0.404. The van der Waals surface area contributed by atoms with Crippen LogP contribution in [0.15, 0.2) is 36.7 Å². The van der Waals surface area contributed by atoms with Crippen LogP contribution in [0.2, 0.25) is 5.28 Å². The number of hydrogen-bond donors (Lipinski definition) is 1.